The molecule has 0 spiro atoms. The molecule has 2 rings (SSSR count). The van der Waals surface area contributed by atoms with Crippen LogP contribution in [0.5, 0.6) is 5.75 Å². The van der Waals surface area contributed by atoms with Crippen molar-refractivity contribution in [3.8, 4) is 5.75 Å². The second-order valence-electron chi connectivity index (χ2n) is 6.94. The van der Waals surface area contributed by atoms with Crippen LogP contribution in [-0.4, -0.2) is 27.5 Å². The van der Waals surface area contributed by atoms with Gasteiger partial charge in [0.15, 0.2) is 11.6 Å². The fourth-order valence-electron chi connectivity index (χ4n) is 2.11. The number of nitrogens with one attached hydrogen (secondary N) is 2. The number of rotatable bonds is 5. The third kappa shape index (κ3) is 5.19. The van der Waals surface area contributed by atoms with E-state index in [0.29, 0.717) is 27.1 Å². The first-order valence-electron chi connectivity index (χ1n) is 8.00. The first kappa shape index (κ1) is 20.2. The molecule has 0 saturated carbocycles. The highest BCUT2D eigenvalue weighted by atomic mass is 35.5. The van der Waals surface area contributed by atoms with Crippen LogP contribution in [-0.2, 0) is 5.41 Å². The van der Waals surface area contributed by atoms with Gasteiger partial charge >= 0.3 is 5.69 Å². The van der Waals surface area contributed by atoms with Gasteiger partial charge in [-0.15, -0.1) is 0 Å². The van der Waals surface area contributed by atoms with Gasteiger partial charge in [-0.1, -0.05) is 44.0 Å². The third-order valence-electron chi connectivity index (χ3n) is 3.17. The Balaban J connectivity index is 2.25. The van der Waals surface area contributed by atoms with Crippen LogP contribution in [0.25, 0.3) is 0 Å². The quantitative estimate of drug-likeness (QED) is 0.587. The summed E-state index contributed by atoms with van der Waals surface area (Å²) in [5.74, 6) is 0.721. The molecule has 0 radical (unpaired) electrons. The Morgan fingerprint density at radius 3 is 2.42 bits per heavy atom. The van der Waals surface area contributed by atoms with Gasteiger partial charge in [-0.25, -0.2) is 9.89 Å². The fourth-order valence-corrected chi connectivity index (χ4v) is 2.70. The first-order chi connectivity index (χ1) is 12.1. The second kappa shape index (κ2) is 8.05. The molecular formula is C17H21Cl2N5O2. The van der Waals surface area contributed by atoms with Gasteiger partial charge in [0.25, 0.3) is 0 Å². The molecule has 0 aliphatic heterocycles. The van der Waals surface area contributed by atoms with Crippen LogP contribution < -0.4 is 15.9 Å². The molecule has 0 unspecified atom stereocenters. The predicted octanol–water partition coefficient (Wildman–Crippen LogP) is 4.00. The maximum absolute atomic E-state index is 11.4. The van der Waals surface area contributed by atoms with Crippen molar-refractivity contribution in [2.45, 2.75) is 46.1 Å². The molecule has 9 heteroatoms. The standard InChI is InChI=1S/C17H21Cl2N5O2/c1-9(2)26-13-11(18)6-10(7-12(13)19)8-20-23-15-14(17(3,4)5)22-24-16(25)21-15/h6-9H,1-5H3,(H2,21,23,24,25)/b20-8+. The van der Waals surface area contributed by atoms with Gasteiger partial charge in [-0.05, 0) is 31.5 Å². The van der Waals surface area contributed by atoms with E-state index >= 15 is 0 Å². The van der Waals surface area contributed by atoms with Crippen LogP contribution in [0.15, 0.2) is 22.0 Å². The number of anilines is 1. The minimum atomic E-state index is -0.558. The smallest absolute Gasteiger partial charge is 0.363 e. The third-order valence-corrected chi connectivity index (χ3v) is 3.73. The number of hydrazone groups is 1. The summed E-state index contributed by atoms with van der Waals surface area (Å²) >= 11 is 12.4. The zero-order valence-electron chi connectivity index (χ0n) is 15.2. The van der Waals surface area contributed by atoms with Crippen LogP contribution in [0.2, 0.25) is 10.0 Å². The number of H-pyrrole nitrogens is 1. The van der Waals surface area contributed by atoms with E-state index in [-0.39, 0.29) is 17.3 Å². The van der Waals surface area contributed by atoms with E-state index in [9.17, 15) is 4.79 Å². The van der Waals surface area contributed by atoms with Gasteiger partial charge in [-0.3, -0.25) is 5.43 Å². The Labute approximate surface area is 161 Å². The van der Waals surface area contributed by atoms with Crippen molar-refractivity contribution in [3.05, 3.63) is 43.9 Å². The van der Waals surface area contributed by atoms with Crippen LogP contribution in [0.4, 0.5) is 5.82 Å². The summed E-state index contributed by atoms with van der Waals surface area (Å²) in [6.45, 7) is 9.65. The second-order valence-corrected chi connectivity index (χ2v) is 7.75. The average molecular weight is 398 g/mol. The molecule has 0 fully saturated rings. The van der Waals surface area contributed by atoms with Gasteiger partial charge < -0.3 is 4.74 Å². The van der Waals surface area contributed by atoms with Crippen LogP contribution >= 0.6 is 23.2 Å². The van der Waals surface area contributed by atoms with Gasteiger partial charge in [0, 0.05) is 5.41 Å². The summed E-state index contributed by atoms with van der Waals surface area (Å²) in [4.78, 5) is 15.3. The highest BCUT2D eigenvalue weighted by Gasteiger charge is 2.21. The molecule has 7 nitrogen and oxygen atoms in total. The number of aromatic nitrogens is 3. The SMILES string of the molecule is CC(C)Oc1c(Cl)cc(/C=N/Nc2nc(=O)[nH]nc2C(C)(C)C)cc1Cl. The molecule has 2 aromatic rings. The van der Waals surface area contributed by atoms with E-state index in [1.54, 1.807) is 12.1 Å². The highest BCUT2D eigenvalue weighted by molar-refractivity contribution is 6.37. The van der Waals surface area contributed by atoms with Gasteiger partial charge in [-0.2, -0.15) is 15.2 Å². The molecule has 0 saturated heterocycles. The van der Waals surface area contributed by atoms with Crippen molar-refractivity contribution in [2.24, 2.45) is 5.10 Å². The number of nitrogens with zero attached hydrogens (tertiary/aromatic N) is 3. The maximum atomic E-state index is 11.4. The molecule has 0 atom stereocenters. The summed E-state index contributed by atoms with van der Waals surface area (Å²) in [7, 11) is 0. The molecule has 140 valence electrons. The van der Waals surface area contributed by atoms with Crippen LogP contribution in [0, 0.1) is 0 Å². The van der Waals surface area contributed by atoms with Crippen molar-refractivity contribution >= 4 is 35.2 Å². The largest absolute Gasteiger partial charge is 0.488 e. The molecule has 0 aliphatic rings. The van der Waals surface area contributed by atoms with Gasteiger partial charge in [0.05, 0.1) is 22.4 Å². The van der Waals surface area contributed by atoms with Gasteiger partial charge in [0.1, 0.15) is 5.69 Å². The van der Waals surface area contributed by atoms with Gasteiger partial charge in [0.2, 0.25) is 0 Å². The lowest BCUT2D eigenvalue weighted by atomic mass is 9.92. The summed E-state index contributed by atoms with van der Waals surface area (Å²) in [6.07, 6.45) is 1.48. The van der Waals surface area contributed by atoms with Crippen molar-refractivity contribution < 1.29 is 4.74 Å². The van der Waals surface area contributed by atoms with Crippen LogP contribution in [0.1, 0.15) is 45.9 Å². The highest BCUT2D eigenvalue weighted by Crippen LogP contribution is 2.34. The Hall–Kier alpha value is -2.12. The summed E-state index contributed by atoms with van der Waals surface area (Å²) in [5.41, 5.74) is 3.13. The minimum absolute atomic E-state index is 0.0447. The molecule has 0 aliphatic carbocycles. The summed E-state index contributed by atoms with van der Waals surface area (Å²) in [5, 5.41) is 11.3. The Bertz CT molecular complexity index is 849. The Kier molecular flexibility index (Phi) is 6.26. The van der Waals surface area contributed by atoms with E-state index in [0.717, 1.165) is 0 Å². The lowest BCUT2D eigenvalue weighted by Gasteiger charge is -2.18. The van der Waals surface area contributed by atoms with Crippen LogP contribution in [0.3, 0.4) is 0 Å². The number of ether oxygens (including phenoxy) is 1. The van der Waals surface area contributed by atoms with E-state index in [1.165, 1.54) is 6.21 Å². The predicted molar refractivity (Wildman–Crippen MR) is 105 cm³/mol. The number of halogens is 2. The zero-order valence-corrected chi connectivity index (χ0v) is 16.7. The molecule has 1 aromatic carbocycles. The van der Waals surface area contributed by atoms with E-state index < -0.39 is 5.69 Å². The molecule has 26 heavy (non-hydrogen) atoms. The minimum Gasteiger partial charge on any atom is -0.488 e. The number of benzene rings is 1. The molecule has 0 bridgehead atoms. The van der Waals surface area contributed by atoms with Crippen molar-refractivity contribution in [1.82, 2.24) is 15.2 Å². The summed E-state index contributed by atoms with van der Waals surface area (Å²) < 4.78 is 5.59. The number of hydrogen-bond acceptors (Lipinski definition) is 6. The molecule has 2 N–H and O–H groups in total. The van der Waals surface area contributed by atoms with E-state index in [2.05, 4.69) is 25.7 Å². The maximum Gasteiger partial charge on any atom is 0.363 e. The number of hydrogen-bond donors (Lipinski definition) is 2. The topological polar surface area (TPSA) is 92.3 Å². The monoisotopic (exact) mass is 397 g/mol. The van der Waals surface area contributed by atoms with Crippen molar-refractivity contribution in [3.63, 3.8) is 0 Å². The van der Waals surface area contributed by atoms with E-state index in [4.69, 9.17) is 27.9 Å². The Morgan fingerprint density at radius 1 is 1.27 bits per heavy atom. The molecule has 1 heterocycles. The lowest BCUT2D eigenvalue weighted by Crippen LogP contribution is -2.24. The molecule has 1 aromatic heterocycles. The molecular weight excluding hydrogens is 377 g/mol. The fraction of sp³-hybridized carbons (Fsp3) is 0.412. The normalized spacial score (nSPS) is 12.0. The zero-order chi connectivity index (χ0) is 19.5. The lowest BCUT2D eigenvalue weighted by molar-refractivity contribution is 0.243. The average Bonchev–Trinajstić information content (AvgIpc) is 2.49. The van der Waals surface area contributed by atoms with Crippen molar-refractivity contribution in [1.29, 1.82) is 0 Å². The van der Waals surface area contributed by atoms with E-state index in [1.807, 2.05) is 34.6 Å². The Morgan fingerprint density at radius 2 is 1.88 bits per heavy atom. The molecule has 0 amide bonds. The van der Waals surface area contributed by atoms with Crippen molar-refractivity contribution in [2.75, 3.05) is 5.43 Å². The first-order valence-corrected chi connectivity index (χ1v) is 8.75. The summed E-state index contributed by atoms with van der Waals surface area (Å²) in [6, 6.07) is 3.37. The number of aromatic amines is 1.